The largest absolute Gasteiger partial charge is 0.381 e. The van der Waals surface area contributed by atoms with E-state index in [1.54, 1.807) is 0 Å². The van der Waals surface area contributed by atoms with Gasteiger partial charge in [0.05, 0.1) is 13.2 Å². The predicted octanol–water partition coefficient (Wildman–Crippen LogP) is 7.69. The van der Waals surface area contributed by atoms with Crippen molar-refractivity contribution >= 4 is 11.5 Å². The molecule has 42 heavy (non-hydrogen) atoms. The van der Waals surface area contributed by atoms with Crippen LogP contribution in [0, 0.1) is 6.92 Å². The molecule has 3 aliphatic rings. The molecule has 2 saturated heterocycles. The zero-order valence-electron chi connectivity index (χ0n) is 26.1. The summed E-state index contributed by atoms with van der Waals surface area (Å²) in [7, 11) is 0. The third-order valence-corrected chi connectivity index (χ3v) is 9.22. The molecule has 0 saturated carbocycles. The molecule has 5 nitrogen and oxygen atoms in total. The van der Waals surface area contributed by atoms with Crippen molar-refractivity contribution in [3.8, 4) is 11.1 Å². The maximum atomic E-state index is 14.0. The average molecular weight is 569 g/mol. The number of carbonyl (C=O) groups is 1. The molecular weight excluding hydrogens is 520 g/mol. The van der Waals surface area contributed by atoms with Crippen molar-refractivity contribution in [3.63, 3.8) is 0 Å². The summed E-state index contributed by atoms with van der Waals surface area (Å²) < 4.78 is 11.2. The molecule has 2 aromatic carbocycles. The highest BCUT2D eigenvalue weighted by atomic mass is 16.5. The van der Waals surface area contributed by atoms with Crippen LogP contribution in [0.1, 0.15) is 74.4 Å². The first-order valence-electron chi connectivity index (χ1n) is 15.8. The van der Waals surface area contributed by atoms with Gasteiger partial charge >= 0.3 is 0 Å². The second-order valence-electron chi connectivity index (χ2n) is 12.2. The molecule has 0 spiro atoms. The first-order valence-corrected chi connectivity index (χ1v) is 15.8. The van der Waals surface area contributed by atoms with Gasteiger partial charge in [-0.3, -0.25) is 9.69 Å². The summed E-state index contributed by atoms with van der Waals surface area (Å²) in [6.45, 7) is 20.0. The van der Waals surface area contributed by atoms with Crippen LogP contribution in [-0.2, 0) is 16.0 Å². The molecule has 0 aromatic heterocycles. The number of rotatable bonds is 10. The number of ketones is 1. The van der Waals surface area contributed by atoms with Gasteiger partial charge in [-0.25, -0.2) is 0 Å². The molecule has 2 aliphatic heterocycles. The lowest BCUT2D eigenvalue weighted by atomic mass is 9.86. The highest BCUT2D eigenvalue weighted by molar-refractivity contribution is 6.00. The average Bonchev–Trinajstić information content (AvgIpc) is 2.99. The highest BCUT2D eigenvalue weighted by Crippen LogP contribution is 2.36. The van der Waals surface area contributed by atoms with Crippen LogP contribution in [-0.4, -0.2) is 62.8 Å². The Morgan fingerprint density at radius 3 is 2.33 bits per heavy atom. The topological polar surface area (TPSA) is 42.0 Å². The molecular formula is C37H48N2O3. The lowest BCUT2D eigenvalue weighted by molar-refractivity contribution is 0.0342. The third-order valence-electron chi connectivity index (χ3n) is 9.22. The van der Waals surface area contributed by atoms with Gasteiger partial charge in [0.1, 0.15) is 0 Å². The Kier molecular flexibility index (Phi) is 10.1. The number of morpholine rings is 1. The van der Waals surface area contributed by atoms with E-state index in [1.807, 2.05) is 0 Å². The standard InChI is InChI=1S/C37H48N2O3/c1-6-39(33-13-17-41-18-14-33)36-24-32(31-9-7-30(8-10-31)25-38-15-19-42-20-16-38)23-35(29(36)5)37(40)12-11-34-27(3)21-26(2)22-28(34)4/h7-10,22-24,33H,3,6,11-21,25H2,1-2,4-5H3. The molecule has 0 amide bonds. The van der Waals surface area contributed by atoms with Crippen LogP contribution in [0.5, 0.6) is 0 Å². The molecule has 0 radical (unpaired) electrons. The maximum Gasteiger partial charge on any atom is 0.163 e. The lowest BCUT2D eigenvalue weighted by Gasteiger charge is -2.37. The molecule has 2 heterocycles. The van der Waals surface area contributed by atoms with Crippen LogP contribution in [0.2, 0.25) is 0 Å². The summed E-state index contributed by atoms with van der Waals surface area (Å²) in [6, 6.07) is 13.8. The molecule has 5 heteroatoms. The van der Waals surface area contributed by atoms with Crippen molar-refractivity contribution in [2.75, 3.05) is 51.0 Å². The number of ether oxygens (including phenoxy) is 2. The molecule has 1 aliphatic carbocycles. The minimum atomic E-state index is 0.210. The van der Waals surface area contributed by atoms with Gasteiger partial charge in [-0.15, -0.1) is 0 Å². The highest BCUT2D eigenvalue weighted by Gasteiger charge is 2.25. The fourth-order valence-corrected chi connectivity index (χ4v) is 6.87. The van der Waals surface area contributed by atoms with E-state index < -0.39 is 0 Å². The van der Waals surface area contributed by atoms with E-state index in [-0.39, 0.29) is 5.78 Å². The molecule has 224 valence electrons. The summed E-state index contributed by atoms with van der Waals surface area (Å²) in [5.74, 6) is 0.210. The van der Waals surface area contributed by atoms with Crippen LogP contribution in [0.3, 0.4) is 0 Å². The first-order chi connectivity index (χ1) is 20.3. The van der Waals surface area contributed by atoms with E-state index in [2.05, 4.69) is 86.5 Å². The molecule has 0 N–H and O–H groups in total. The van der Waals surface area contributed by atoms with Crippen molar-refractivity contribution in [1.29, 1.82) is 0 Å². The molecule has 5 rings (SSSR count). The second kappa shape index (κ2) is 14.0. The van der Waals surface area contributed by atoms with Gasteiger partial charge in [0, 0.05) is 63.1 Å². The van der Waals surface area contributed by atoms with Crippen molar-refractivity contribution in [2.24, 2.45) is 0 Å². The number of carbonyl (C=O) groups excluding carboxylic acids is 1. The van der Waals surface area contributed by atoms with E-state index in [1.165, 1.54) is 28.0 Å². The van der Waals surface area contributed by atoms with E-state index >= 15 is 0 Å². The van der Waals surface area contributed by atoms with Gasteiger partial charge in [0.2, 0.25) is 0 Å². The molecule has 0 unspecified atom stereocenters. The molecule has 0 atom stereocenters. The first kappa shape index (κ1) is 30.5. The van der Waals surface area contributed by atoms with Crippen molar-refractivity contribution < 1.29 is 14.3 Å². The summed E-state index contributed by atoms with van der Waals surface area (Å²) in [5.41, 5.74) is 11.7. The van der Waals surface area contributed by atoms with Crippen molar-refractivity contribution in [2.45, 2.75) is 72.4 Å². The number of anilines is 1. The fraction of sp³-hybridized carbons (Fsp3) is 0.486. The number of nitrogens with zero attached hydrogens (tertiary/aromatic N) is 2. The monoisotopic (exact) mass is 568 g/mol. The van der Waals surface area contributed by atoms with Crippen LogP contribution in [0.4, 0.5) is 5.69 Å². The zero-order chi connectivity index (χ0) is 29.6. The quantitative estimate of drug-likeness (QED) is 0.275. The summed E-state index contributed by atoms with van der Waals surface area (Å²) in [5, 5.41) is 0. The normalized spacial score (nSPS) is 18.8. The Labute approximate surface area is 252 Å². The predicted molar refractivity (Wildman–Crippen MR) is 173 cm³/mol. The third kappa shape index (κ3) is 7.14. The van der Waals surface area contributed by atoms with Gasteiger partial charge in [0.15, 0.2) is 5.78 Å². The Balaban J connectivity index is 1.45. The summed E-state index contributed by atoms with van der Waals surface area (Å²) in [6.07, 6.45) is 6.40. The van der Waals surface area contributed by atoms with Gasteiger partial charge in [-0.1, -0.05) is 42.5 Å². The maximum absolute atomic E-state index is 14.0. The molecule has 0 bridgehead atoms. The second-order valence-corrected chi connectivity index (χ2v) is 12.2. The number of allylic oxidation sites excluding steroid dienone is 5. The fourth-order valence-electron chi connectivity index (χ4n) is 6.87. The van der Waals surface area contributed by atoms with Crippen LogP contribution in [0.25, 0.3) is 11.1 Å². The Morgan fingerprint density at radius 1 is 0.976 bits per heavy atom. The molecule has 2 aromatic rings. The van der Waals surface area contributed by atoms with Gasteiger partial charge in [-0.05, 0) is 104 Å². The number of benzene rings is 2. The lowest BCUT2D eigenvalue weighted by Crippen LogP contribution is -2.40. The van der Waals surface area contributed by atoms with Gasteiger partial charge in [0.25, 0.3) is 0 Å². The van der Waals surface area contributed by atoms with Crippen LogP contribution >= 0.6 is 0 Å². The number of hydrogen-bond acceptors (Lipinski definition) is 5. The number of Topliss-reactive ketones (excluding diaryl/α,β-unsaturated/α-hetero) is 1. The van der Waals surface area contributed by atoms with Crippen LogP contribution < -0.4 is 4.90 Å². The molecule has 2 fully saturated rings. The Hall–Kier alpha value is -2.99. The number of hydrogen-bond donors (Lipinski definition) is 0. The smallest absolute Gasteiger partial charge is 0.163 e. The Morgan fingerprint density at radius 2 is 1.67 bits per heavy atom. The minimum absolute atomic E-state index is 0.210. The van der Waals surface area contributed by atoms with Crippen molar-refractivity contribution in [1.82, 2.24) is 4.90 Å². The zero-order valence-corrected chi connectivity index (χ0v) is 26.1. The van der Waals surface area contributed by atoms with Gasteiger partial charge < -0.3 is 14.4 Å². The van der Waals surface area contributed by atoms with Gasteiger partial charge in [-0.2, -0.15) is 0 Å². The van der Waals surface area contributed by atoms with Crippen LogP contribution in [0.15, 0.2) is 71.3 Å². The minimum Gasteiger partial charge on any atom is -0.381 e. The van der Waals surface area contributed by atoms with E-state index in [0.717, 1.165) is 106 Å². The van der Waals surface area contributed by atoms with E-state index in [0.29, 0.717) is 12.5 Å². The SMILES string of the molecule is C=C1CC(C)=CC(C)=C1CCC(=O)c1cc(-c2ccc(CN3CCOCC3)cc2)cc(N(CC)C2CCOCC2)c1C. The Bertz CT molecular complexity index is 1340. The summed E-state index contributed by atoms with van der Waals surface area (Å²) in [4.78, 5) is 18.9. The van der Waals surface area contributed by atoms with E-state index in [9.17, 15) is 4.79 Å². The van der Waals surface area contributed by atoms with Crippen molar-refractivity contribution in [3.05, 3.63) is 88.0 Å². The summed E-state index contributed by atoms with van der Waals surface area (Å²) >= 11 is 0. The van der Waals surface area contributed by atoms with E-state index in [4.69, 9.17) is 9.47 Å².